The van der Waals surface area contributed by atoms with Gasteiger partial charge in [-0.3, -0.25) is 4.79 Å². The summed E-state index contributed by atoms with van der Waals surface area (Å²) >= 11 is 7.72. The van der Waals surface area contributed by atoms with E-state index in [4.69, 9.17) is 25.6 Å². The lowest BCUT2D eigenvalue weighted by molar-refractivity contribution is -0.115. The van der Waals surface area contributed by atoms with Crippen molar-refractivity contribution in [3.8, 4) is 11.5 Å². The van der Waals surface area contributed by atoms with Gasteiger partial charge in [0.15, 0.2) is 17.3 Å². The molecule has 2 aromatic rings. The number of nitrogens with zero attached hydrogens (tertiary/aromatic N) is 1. The Bertz CT molecular complexity index is 750. The first kappa shape index (κ1) is 17.0. The molecule has 0 fully saturated rings. The normalized spacial score (nSPS) is 13.8. The van der Waals surface area contributed by atoms with E-state index in [9.17, 15) is 4.79 Å². The van der Waals surface area contributed by atoms with Gasteiger partial charge in [-0.1, -0.05) is 23.7 Å². The van der Waals surface area contributed by atoms with Crippen LogP contribution in [0.15, 0.2) is 22.7 Å². The molecular weight excluding hydrogens is 352 g/mol. The van der Waals surface area contributed by atoms with Crippen molar-refractivity contribution in [2.45, 2.75) is 31.3 Å². The number of anilines is 1. The molecule has 0 saturated carbocycles. The van der Waals surface area contributed by atoms with Gasteiger partial charge < -0.3 is 19.3 Å². The van der Waals surface area contributed by atoms with E-state index in [0.717, 1.165) is 5.56 Å². The molecule has 6 nitrogen and oxygen atoms in total. The second-order valence-electron chi connectivity index (χ2n) is 5.33. The predicted octanol–water partition coefficient (Wildman–Crippen LogP) is 4.02. The number of nitrogens with one attached hydrogen (secondary N) is 1. The van der Waals surface area contributed by atoms with Crippen LogP contribution < -0.4 is 14.8 Å². The maximum Gasteiger partial charge on any atom is 0.238 e. The van der Waals surface area contributed by atoms with Crippen LogP contribution in [-0.4, -0.2) is 23.1 Å². The lowest BCUT2D eigenvalue weighted by Crippen LogP contribution is -2.24. The van der Waals surface area contributed by atoms with Crippen LogP contribution in [0.3, 0.4) is 0 Å². The number of hydrogen-bond donors (Lipinski definition) is 1. The molecule has 1 N–H and O–H groups in total. The molecule has 0 bridgehead atoms. The zero-order chi connectivity index (χ0) is 17.1. The molecule has 0 aliphatic carbocycles. The van der Waals surface area contributed by atoms with E-state index in [-0.39, 0.29) is 18.0 Å². The van der Waals surface area contributed by atoms with Crippen molar-refractivity contribution in [1.29, 1.82) is 0 Å². The fraction of sp³-hybridized carbons (Fsp3) is 0.375. The Labute approximate surface area is 148 Å². The summed E-state index contributed by atoms with van der Waals surface area (Å²) in [5.41, 5.74) is 0.984. The number of rotatable bonds is 6. The number of fused-ring (bicyclic) bond motifs is 1. The highest BCUT2D eigenvalue weighted by molar-refractivity contribution is 7.99. The number of carbonyl (C=O) groups excluding carboxylic acids is 1. The summed E-state index contributed by atoms with van der Waals surface area (Å²) in [4.78, 5) is 12.3. The van der Waals surface area contributed by atoms with Gasteiger partial charge in [-0.2, -0.15) is 0 Å². The average Bonchev–Trinajstić information content (AvgIpc) is 3.17. The maximum absolute atomic E-state index is 12.3. The van der Waals surface area contributed by atoms with Gasteiger partial charge in [0.05, 0.1) is 10.3 Å². The summed E-state index contributed by atoms with van der Waals surface area (Å²) in [6.45, 7) is 3.93. The summed E-state index contributed by atoms with van der Waals surface area (Å²) in [5, 5.41) is 6.87. The predicted molar refractivity (Wildman–Crippen MR) is 92.8 cm³/mol. The topological polar surface area (TPSA) is 73.6 Å². The molecule has 0 spiro atoms. The quantitative estimate of drug-likeness (QED) is 0.830. The first-order valence-corrected chi connectivity index (χ1v) is 8.93. The summed E-state index contributed by atoms with van der Waals surface area (Å²) in [7, 11) is 0. The van der Waals surface area contributed by atoms with Gasteiger partial charge in [0.1, 0.15) is 5.76 Å². The molecule has 0 radical (unpaired) electrons. The fourth-order valence-electron chi connectivity index (χ4n) is 2.31. The monoisotopic (exact) mass is 368 g/mol. The molecule has 1 amide bonds. The Morgan fingerprint density at radius 3 is 2.96 bits per heavy atom. The van der Waals surface area contributed by atoms with Crippen molar-refractivity contribution >= 4 is 35.1 Å². The van der Waals surface area contributed by atoms with Crippen LogP contribution in [0.25, 0.3) is 0 Å². The Morgan fingerprint density at radius 2 is 2.25 bits per heavy atom. The number of carbonyl (C=O) groups is 1. The van der Waals surface area contributed by atoms with Crippen molar-refractivity contribution in [3.63, 3.8) is 0 Å². The van der Waals surface area contributed by atoms with E-state index >= 15 is 0 Å². The molecule has 2 heterocycles. The van der Waals surface area contributed by atoms with Crippen molar-refractivity contribution in [3.05, 3.63) is 34.5 Å². The summed E-state index contributed by atoms with van der Waals surface area (Å²) in [6, 6.07) is 5.42. The van der Waals surface area contributed by atoms with Gasteiger partial charge in [-0.05, 0) is 31.0 Å². The largest absolute Gasteiger partial charge is 0.454 e. The molecule has 8 heteroatoms. The molecule has 1 aliphatic rings. The molecule has 1 aromatic carbocycles. The van der Waals surface area contributed by atoms with Crippen LogP contribution >= 0.6 is 23.4 Å². The number of aryl methyl sites for hydroxylation is 1. The smallest absolute Gasteiger partial charge is 0.238 e. The van der Waals surface area contributed by atoms with Crippen LogP contribution in [0.2, 0.25) is 5.02 Å². The number of aromatic nitrogens is 1. The van der Waals surface area contributed by atoms with Crippen LogP contribution in [0, 0.1) is 6.92 Å². The zero-order valence-corrected chi connectivity index (χ0v) is 14.9. The summed E-state index contributed by atoms with van der Waals surface area (Å²) in [6.07, 6.45) is 0.700. The Hall–Kier alpha value is -1.86. The van der Waals surface area contributed by atoms with Gasteiger partial charge in [0.25, 0.3) is 0 Å². The third-order valence-corrected chi connectivity index (χ3v) is 5.21. The minimum absolute atomic E-state index is 0.0948. The van der Waals surface area contributed by atoms with Gasteiger partial charge >= 0.3 is 0 Å². The van der Waals surface area contributed by atoms with Crippen LogP contribution in [0.4, 0.5) is 5.82 Å². The lowest BCUT2D eigenvalue weighted by atomic mass is 10.2. The van der Waals surface area contributed by atoms with Crippen molar-refractivity contribution in [2.24, 2.45) is 0 Å². The fourth-order valence-corrected chi connectivity index (χ4v) is 3.61. The molecule has 1 atom stereocenters. The number of halogens is 1. The number of amides is 1. The van der Waals surface area contributed by atoms with Gasteiger partial charge in [-0.15, -0.1) is 11.8 Å². The van der Waals surface area contributed by atoms with E-state index < -0.39 is 0 Å². The minimum atomic E-state index is -0.203. The minimum Gasteiger partial charge on any atom is -0.454 e. The summed E-state index contributed by atoms with van der Waals surface area (Å²) in [5.74, 6) is 2.86. The maximum atomic E-state index is 12.3. The molecule has 1 unspecified atom stereocenters. The standard InChI is InChI=1S/C16H17ClN2O4S/c1-3-13(16(20)18-14-4-9(2)23-19-14)24-7-10-5-11(17)15-12(6-10)21-8-22-15/h4-6,13H,3,7-8H2,1-2H3,(H,18,19,20). The second kappa shape index (κ2) is 7.36. The van der Waals surface area contributed by atoms with E-state index in [2.05, 4.69) is 10.5 Å². The Balaban J connectivity index is 1.61. The van der Waals surface area contributed by atoms with Crippen molar-refractivity contribution < 1.29 is 18.8 Å². The van der Waals surface area contributed by atoms with Gasteiger partial charge in [-0.25, -0.2) is 0 Å². The number of thioether (sulfide) groups is 1. The van der Waals surface area contributed by atoms with Crippen LogP contribution in [-0.2, 0) is 10.5 Å². The molecule has 24 heavy (non-hydrogen) atoms. The van der Waals surface area contributed by atoms with Gasteiger partial charge in [0.2, 0.25) is 12.7 Å². The molecule has 1 aliphatic heterocycles. The average molecular weight is 369 g/mol. The van der Waals surface area contributed by atoms with Crippen LogP contribution in [0.5, 0.6) is 11.5 Å². The highest BCUT2D eigenvalue weighted by Crippen LogP contribution is 2.40. The first-order valence-electron chi connectivity index (χ1n) is 7.50. The lowest BCUT2D eigenvalue weighted by Gasteiger charge is -2.14. The molecule has 3 rings (SSSR count). The highest BCUT2D eigenvalue weighted by atomic mass is 35.5. The molecule has 0 saturated heterocycles. The second-order valence-corrected chi connectivity index (χ2v) is 6.93. The first-order chi connectivity index (χ1) is 11.6. The molecule has 128 valence electrons. The van der Waals surface area contributed by atoms with E-state index in [1.54, 1.807) is 13.0 Å². The van der Waals surface area contributed by atoms with E-state index in [0.29, 0.717) is 40.3 Å². The molecular formula is C16H17ClN2O4S. The number of hydrogen-bond acceptors (Lipinski definition) is 6. The SMILES string of the molecule is CCC(SCc1cc(Cl)c2c(c1)OCO2)C(=O)Nc1cc(C)on1. The Kier molecular flexibility index (Phi) is 5.20. The number of benzene rings is 1. The Morgan fingerprint density at radius 1 is 1.42 bits per heavy atom. The third-order valence-electron chi connectivity index (χ3n) is 3.48. The van der Waals surface area contributed by atoms with E-state index in [1.165, 1.54) is 11.8 Å². The number of ether oxygens (including phenoxy) is 2. The third kappa shape index (κ3) is 3.79. The highest BCUT2D eigenvalue weighted by Gasteiger charge is 2.21. The van der Waals surface area contributed by atoms with E-state index in [1.807, 2.05) is 19.1 Å². The zero-order valence-electron chi connectivity index (χ0n) is 13.3. The van der Waals surface area contributed by atoms with Crippen molar-refractivity contribution in [2.75, 3.05) is 12.1 Å². The summed E-state index contributed by atoms with van der Waals surface area (Å²) < 4.78 is 15.6. The van der Waals surface area contributed by atoms with Crippen molar-refractivity contribution in [1.82, 2.24) is 5.16 Å². The molecule has 1 aromatic heterocycles. The van der Waals surface area contributed by atoms with Gasteiger partial charge in [0, 0.05) is 11.8 Å². The van der Waals surface area contributed by atoms with Crippen LogP contribution in [0.1, 0.15) is 24.7 Å².